The number of carboxylic acid groups (broad SMARTS) is 1. The number of likely N-dealkylation sites (N-methyl/N-ethyl adjacent to an activating group) is 1. The molecule has 0 spiro atoms. The molecule has 2 amide bonds. The number of carbonyl (C=O) groups is 3. The first-order chi connectivity index (χ1) is 9.99. The maximum Gasteiger partial charge on any atom is 0.335 e. The molecule has 1 aromatic rings. The summed E-state index contributed by atoms with van der Waals surface area (Å²) in [4.78, 5) is 35.9. The second-order valence-corrected chi connectivity index (χ2v) is 5.13. The molecule has 2 rings (SSSR count). The summed E-state index contributed by atoms with van der Waals surface area (Å²) in [5, 5.41) is 11.8. The van der Waals surface area contributed by atoms with Gasteiger partial charge in [0.05, 0.1) is 5.56 Å². The first-order valence-corrected chi connectivity index (χ1v) is 6.84. The van der Waals surface area contributed by atoms with Crippen LogP contribution in [0.4, 0.5) is 0 Å². The summed E-state index contributed by atoms with van der Waals surface area (Å²) in [5.74, 6) is -1.20. The van der Waals surface area contributed by atoms with Crippen molar-refractivity contribution >= 4 is 17.8 Å². The summed E-state index contributed by atoms with van der Waals surface area (Å²) in [6.45, 7) is 0.412. The molecule has 21 heavy (non-hydrogen) atoms. The highest BCUT2D eigenvalue weighted by atomic mass is 16.4. The Bertz CT molecular complexity index is 571. The van der Waals surface area contributed by atoms with Gasteiger partial charge in [0.2, 0.25) is 11.8 Å². The summed E-state index contributed by atoms with van der Waals surface area (Å²) in [5.41, 5.74) is 0.952. The van der Waals surface area contributed by atoms with E-state index in [4.69, 9.17) is 5.11 Å². The average Bonchev–Trinajstić information content (AvgIpc) is 2.90. The molecule has 0 radical (unpaired) electrons. The number of carbonyl (C=O) groups excluding carboxylic acids is 2. The summed E-state index contributed by atoms with van der Waals surface area (Å²) < 4.78 is 0. The summed E-state index contributed by atoms with van der Waals surface area (Å²) >= 11 is 0. The monoisotopic (exact) mass is 290 g/mol. The fraction of sp³-hybridized carbons (Fsp3) is 0.400. The van der Waals surface area contributed by atoms with Crippen molar-refractivity contribution in [2.45, 2.75) is 25.3 Å². The highest BCUT2D eigenvalue weighted by Crippen LogP contribution is 2.12. The van der Waals surface area contributed by atoms with E-state index >= 15 is 0 Å². The molecule has 1 fully saturated rings. The van der Waals surface area contributed by atoms with E-state index < -0.39 is 12.0 Å². The van der Waals surface area contributed by atoms with Crippen LogP contribution in [0.2, 0.25) is 0 Å². The van der Waals surface area contributed by atoms with Crippen LogP contribution in [0, 0.1) is 0 Å². The lowest BCUT2D eigenvalue weighted by Crippen LogP contribution is -2.43. The van der Waals surface area contributed by atoms with Crippen LogP contribution in [0.25, 0.3) is 0 Å². The van der Waals surface area contributed by atoms with Gasteiger partial charge < -0.3 is 15.3 Å². The first kappa shape index (κ1) is 15.0. The smallest absolute Gasteiger partial charge is 0.335 e. The van der Waals surface area contributed by atoms with Crippen LogP contribution in [-0.4, -0.2) is 47.4 Å². The predicted octanol–water partition coefficient (Wildman–Crippen LogP) is 0.664. The fourth-order valence-electron chi connectivity index (χ4n) is 2.41. The SMILES string of the molecule is CN(CCc1ccccc1C(=O)O)C(=O)C1CCC(=O)N1. The second kappa shape index (κ2) is 6.39. The molecule has 2 N–H and O–H groups in total. The first-order valence-electron chi connectivity index (χ1n) is 6.84. The number of nitrogens with zero attached hydrogens (tertiary/aromatic N) is 1. The zero-order valence-electron chi connectivity index (χ0n) is 11.8. The number of benzene rings is 1. The number of carboxylic acids is 1. The van der Waals surface area contributed by atoms with Crippen molar-refractivity contribution < 1.29 is 19.5 Å². The van der Waals surface area contributed by atoms with Gasteiger partial charge >= 0.3 is 5.97 Å². The van der Waals surface area contributed by atoms with E-state index in [1.165, 1.54) is 4.90 Å². The van der Waals surface area contributed by atoms with Crippen molar-refractivity contribution in [3.8, 4) is 0 Å². The summed E-state index contributed by atoms with van der Waals surface area (Å²) in [7, 11) is 1.66. The standard InChI is InChI=1S/C15H18N2O4/c1-17(14(19)12-6-7-13(18)16-12)9-8-10-4-2-3-5-11(10)15(20)21/h2-5,12H,6-9H2,1H3,(H,16,18)(H,20,21). The largest absolute Gasteiger partial charge is 0.478 e. The zero-order valence-corrected chi connectivity index (χ0v) is 11.8. The number of amides is 2. The van der Waals surface area contributed by atoms with Crippen molar-refractivity contribution in [1.82, 2.24) is 10.2 Å². The molecule has 112 valence electrons. The van der Waals surface area contributed by atoms with Crippen LogP contribution in [0.1, 0.15) is 28.8 Å². The third-order valence-electron chi connectivity index (χ3n) is 3.63. The maximum absolute atomic E-state index is 12.1. The van der Waals surface area contributed by atoms with Gasteiger partial charge in [0, 0.05) is 20.0 Å². The fourth-order valence-corrected chi connectivity index (χ4v) is 2.41. The lowest BCUT2D eigenvalue weighted by Gasteiger charge is -2.21. The molecule has 6 heteroatoms. The zero-order chi connectivity index (χ0) is 15.4. The molecule has 0 aliphatic carbocycles. The third-order valence-corrected chi connectivity index (χ3v) is 3.63. The maximum atomic E-state index is 12.1. The third kappa shape index (κ3) is 3.59. The number of hydrogen-bond donors (Lipinski definition) is 2. The van der Waals surface area contributed by atoms with Gasteiger partial charge in [-0.05, 0) is 24.5 Å². The molecule has 0 aromatic heterocycles. The minimum absolute atomic E-state index is 0.0991. The highest BCUT2D eigenvalue weighted by molar-refractivity contribution is 5.91. The Labute approximate surface area is 122 Å². The summed E-state index contributed by atoms with van der Waals surface area (Å²) in [6, 6.07) is 6.31. The van der Waals surface area contributed by atoms with E-state index in [1.54, 1.807) is 31.3 Å². The average molecular weight is 290 g/mol. The number of nitrogens with one attached hydrogen (secondary N) is 1. The Morgan fingerprint density at radius 3 is 2.71 bits per heavy atom. The van der Waals surface area contributed by atoms with Crippen molar-refractivity contribution in [3.63, 3.8) is 0 Å². The Hall–Kier alpha value is -2.37. The van der Waals surface area contributed by atoms with Gasteiger partial charge in [-0.15, -0.1) is 0 Å². The van der Waals surface area contributed by atoms with Gasteiger partial charge in [-0.1, -0.05) is 18.2 Å². The molecular weight excluding hydrogens is 272 g/mol. The molecular formula is C15H18N2O4. The minimum atomic E-state index is -0.970. The van der Waals surface area contributed by atoms with Gasteiger partial charge in [-0.25, -0.2) is 4.79 Å². The molecule has 1 aromatic carbocycles. The quantitative estimate of drug-likeness (QED) is 0.834. The van der Waals surface area contributed by atoms with Crippen LogP contribution in [0.15, 0.2) is 24.3 Å². The van der Waals surface area contributed by atoms with E-state index in [-0.39, 0.29) is 17.4 Å². The molecule has 1 aliphatic rings. The van der Waals surface area contributed by atoms with Crippen LogP contribution < -0.4 is 5.32 Å². The van der Waals surface area contributed by atoms with Crippen LogP contribution >= 0.6 is 0 Å². The molecule has 1 aliphatic heterocycles. The molecule has 1 unspecified atom stereocenters. The number of hydrogen-bond acceptors (Lipinski definition) is 3. The van der Waals surface area contributed by atoms with Gasteiger partial charge in [-0.3, -0.25) is 9.59 Å². The Balaban J connectivity index is 1.95. The normalized spacial score (nSPS) is 17.4. The minimum Gasteiger partial charge on any atom is -0.478 e. The van der Waals surface area contributed by atoms with Gasteiger partial charge in [-0.2, -0.15) is 0 Å². The molecule has 6 nitrogen and oxygen atoms in total. The molecule has 0 bridgehead atoms. The van der Waals surface area contributed by atoms with Crippen LogP contribution in [0.5, 0.6) is 0 Å². The lowest BCUT2D eigenvalue weighted by molar-refractivity contribution is -0.133. The van der Waals surface area contributed by atoms with Crippen molar-refractivity contribution in [2.75, 3.05) is 13.6 Å². The topological polar surface area (TPSA) is 86.7 Å². The lowest BCUT2D eigenvalue weighted by atomic mass is 10.0. The molecule has 1 atom stereocenters. The highest BCUT2D eigenvalue weighted by Gasteiger charge is 2.29. The van der Waals surface area contributed by atoms with Gasteiger partial charge in [0.1, 0.15) is 6.04 Å². The van der Waals surface area contributed by atoms with Crippen LogP contribution in [0.3, 0.4) is 0 Å². The van der Waals surface area contributed by atoms with Crippen molar-refractivity contribution in [1.29, 1.82) is 0 Å². The van der Waals surface area contributed by atoms with Crippen molar-refractivity contribution in [2.24, 2.45) is 0 Å². The number of aromatic carboxylic acids is 1. The summed E-state index contributed by atoms with van der Waals surface area (Å²) in [6.07, 6.45) is 1.37. The molecule has 0 saturated carbocycles. The van der Waals surface area contributed by atoms with Crippen molar-refractivity contribution in [3.05, 3.63) is 35.4 Å². The number of rotatable bonds is 5. The van der Waals surface area contributed by atoms with E-state index in [0.717, 1.165) is 0 Å². The second-order valence-electron chi connectivity index (χ2n) is 5.13. The van der Waals surface area contributed by atoms with E-state index in [1.807, 2.05) is 0 Å². The Kier molecular flexibility index (Phi) is 4.57. The van der Waals surface area contributed by atoms with E-state index in [2.05, 4.69) is 5.32 Å². The Morgan fingerprint density at radius 2 is 2.10 bits per heavy atom. The molecule has 1 saturated heterocycles. The van der Waals surface area contributed by atoms with Gasteiger partial charge in [0.25, 0.3) is 0 Å². The Morgan fingerprint density at radius 1 is 1.38 bits per heavy atom. The van der Waals surface area contributed by atoms with Gasteiger partial charge in [0.15, 0.2) is 0 Å². The molecule has 1 heterocycles. The van der Waals surface area contributed by atoms with E-state index in [0.29, 0.717) is 31.4 Å². The van der Waals surface area contributed by atoms with E-state index in [9.17, 15) is 14.4 Å². The predicted molar refractivity (Wildman–Crippen MR) is 75.9 cm³/mol. The van der Waals surface area contributed by atoms with Crippen LogP contribution in [-0.2, 0) is 16.0 Å².